The van der Waals surface area contributed by atoms with Gasteiger partial charge in [0.1, 0.15) is 0 Å². The van der Waals surface area contributed by atoms with Crippen molar-refractivity contribution in [3.63, 3.8) is 0 Å². The van der Waals surface area contributed by atoms with Gasteiger partial charge >= 0.3 is 0 Å². The summed E-state index contributed by atoms with van der Waals surface area (Å²) in [4.78, 5) is 13.3. The fraction of sp³-hybridized carbons (Fsp3) is 0.333. The van der Waals surface area contributed by atoms with Gasteiger partial charge in [-0.15, -0.1) is 0 Å². The lowest BCUT2D eigenvalue weighted by Crippen LogP contribution is -2.45. The lowest BCUT2D eigenvalue weighted by molar-refractivity contribution is 0.0743. The third-order valence-corrected chi connectivity index (χ3v) is 6.55. The molecule has 1 N–H and O–H groups in total. The average molecular weight is 471 g/mol. The van der Waals surface area contributed by atoms with E-state index in [1.54, 1.807) is 29.3 Å². The number of nitrogens with zero attached hydrogens (tertiary/aromatic N) is 3. The van der Waals surface area contributed by atoms with Crippen molar-refractivity contribution >= 4 is 40.8 Å². The number of rotatable bonds is 4. The van der Waals surface area contributed by atoms with Gasteiger partial charge in [-0.1, -0.05) is 29.6 Å². The van der Waals surface area contributed by atoms with Crippen molar-refractivity contribution in [2.45, 2.75) is 38.5 Å². The first kappa shape index (κ1) is 21.3. The lowest BCUT2D eigenvalue weighted by atomic mass is 9.90. The molecule has 0 radical (unpaired) electrons. The molecule has 1 amide bonds. The molecular weight excluding hydrogens is 447 g/mol. The Hall–Kier alpha value is -2.54. The quantitative estimate of drug-likeness (QED) is 0.524. The van der Waals surface area contributed by atoms with Gasteiger partial charge in [0.15, 0.2) is 5.69 Å². The molecule has 3 heterocycles. The molecule has 1 saturated heterocycles. The van der Waals surface area contributed by atoms with Crippen molar-refractivity contribution in [2.24, 2.45) is 0 Å². The number of piperidine rings is 1. The minimum atomic E-state index is -0.170. The van der Waals surface area contributed by atoms with E-state index in [-0.39, 0.29) is 5.91 Å². The standard InChI is InChI=1S/C24H24Cl2N4O2/c25-18-7-8-21(20(26)14-18)30-23-17(13-16-9-12-32-15-16)5-4-6-19(23)22(27-30)24(31)28-29-10-2-1-3-11-29/h7-9,12-15H,1-6,10-11H2,(H,28,31)/b17-13+. The van der Waals surface area contributed by atoms with Gasteiger partial charge in [-0.05, 0) is 68.0 Å². The third-order valence-electron chi connectivity index (χ3n) is 6.01. The van der Waals surface area contributed by atoms with Crippen molar-refractivity contribution in [2.75, 3.05) is 13.1 Å². The summed E-state index contributed by atoms with van der Waals surface area (Å²) in [5.74, 6) is -0.170. The van der Waals surface area contributed by atoms with E-state index in [1.807, 2.05) is 17.1 Å². The normalized spacial score (nSPS) is 18.0. The lowest BCUT2D eigenvalue weighted by Gasteiger charge is -2.26. The fourth-order valence-electron chi connectivity index (χ4n) is 4.50. The summed E-state index contributed by atoms with van der Waals surface area (Å²) in [6.07, 6.45) is 11.4. The minimum Gasteiger partial charge on any atom is -0.472 e. The van der Waals surface area contributed by atoms with Gasteiger partial charge in [-0.2, -0.15) is 5.10 Å². The Bertz CT molecular complexity index is 1160. The SMILES string of the molecule is O=C(NN1CCCCC1)c1nn(-c2ccc(Cl)cc2Cl)c2c1CCC/C2=C\c1ccoc1. The highest BCUT2D eigenvalue weighted by molar-refractivity contribution is 6.35. The van der Waals surface area contributed by atoms with Crippen molar-refractivity contribution < 1.29 is 9.21 Å². The van der Waals surface area contributed by atoms with E-state index in [0.717, 1.165) is 67.6 Å². The number of aromatic nitrogens is 2. The predicted octanol–water partition coefficient (Wildman–Crippen LogP) is 5.78. The number of nitrogens with one attached hydrogen (secondary N) is 1. The Morgan fingerprint density at radius 2 is 1.94 bits per heavy atom. The van der Waals surface area contributed by atoms with Gasteiger partial charge in [0.05, 0.1) is 28.9 Å². The van der Waals surface area contributed by atoms with Crippen LogP contribution in [0.15, 0.2) is 41.2 Å². The van der Waals surface area contributed by atoms with Crippen molar-refractivity contribution in [1.29, 1.82) is 0 Å². The van der Waals surface area contributed by atoms with E-state index in [1.165, 1.54) is 6.42 Å². The highest BCUT2D eigenvalue weighted by Gasteiger charge is 2.30. The van der Waals surface area contributed by atoms with Crippen LogP contribution >= 0.6 is 23.2 Å². The van der Waals surface area contributed by atoms with E-state index in [4.69, 9.17) is 32.7 Å². The molecule has 0 unspecified atom stereocenters. The summed E-state index contributed by atoms with van der Waals surface area (Å²) < 4.78 is 7.04. The Morgan fingerprint density at radius 1 is 1.09 bits per heavy atom. The zero-order valence-electron chi connectivity index (χ0n) is 17.6. The number of benzene rings is 1. The smallest absolute Gasteiger partial charge is 0.286 e. The summed E-state index contributed by atoms with van der Waals surface area (Å²) in [6.45, 7) is 1.73. The molecule has 2 aliphatic rings. The molecule has 1 aliphatic heterocycles. The number of hydrogen-bond donors (Lipinski definition) is 1. The summed E-state index contributed by atoms with van der Waals surface area (Å²) in [5, 5.41) is 7.82. The van der Waals surface area contributed by atoms with E-state index < -0.39 is 0 Å². The van der Waals surface area contributed by atoms with Crippen LogP contribution in [0.25, 0.3) is 17.3 Å². The van der Waals surface area contributed by atoms with Crippen LogP contribution in [0, 0.1) is 0 Å². The third kappa shape index (κ3) is 4.22. The van der Waals surface area contributed by atoms with Crippen molar-refractivity contribution in [3.8, 4) is 5.69 Å². The van der Waals surface area contributed by atoms with E-state index in [9.17, 15) is 4.79 Å². The molecule has 1 fully saturated rings. The number of hydrogen-bond acceptors (Lipinski definition) is 4. The predicted molar refractivity (Wildman–Crippen MR) is 126 cm³/mol. The van der Waals surface area contributed by atoms with Crippen LogP contribution in [0.5, 0.6) is 0 Å². The molecule has 0 bridgehead atoms. The highest BCUT2D eigenvalue weighted by atomic mass is 35.5. The summed E-state index contributed by atoms with van der Waals surface area (Å²) >= 11 is 12.7. The van der Waals surface area contributed by atoms with Gasteiger partial charge in [0.2, 0.25) is 0 Å². The zero-order valence-corrected chi connectivity index (χ0v) is 19.1. The molecule has 6 nitrogen and oxygen atoms in total. The second-order valence-corrected chi connectivity index (χ2v) is 9.10. The molecule has 3 aromatic rings. The monoisotopic (exact) mass is 470 g/mol. The molecule has 0 saturated carbocycles. The topological polar surface area (TPSA) is 63.3 Å². The second kappa shape index (κ2) is 9.14. The molecule has 166 valence electrons. The van der Waals surface area contributed by atoms with Gasteiger partial charge in [0.25, 0.3) is 5.91 Å². The van der Waals surface area contributed by atoms with Crippen molar-refractivity contribution in [1.82, 2.24) is 20.2 Å². The van der Waals surface area contributed by atoms with Crippen LogP contribution in [0.2, 0.25) is 10.0 Å². The number of furan rings is 1. The number of carbonyl (C=O) groups is 1. The summed E-state index contributed by atoms with van der Waals surface area (Å²) in [5.41, 5.74) is 8.16. The largest absolute Gasteiger partial charge is 0.472 e. The molecule has 0 spiro atoms. The molecular formula is C24H24Cl2N4O2. The number of amides is 1. The van der Waals surface area contributed by atoms with Crippen LogP contribution < -0.4 is 5.43 Å². The summed E-state index contributed by atoms with van der Waals surface area (Å²) in [6, 6.07) is 7.24. The Labute approximate surface area is 196 Å². The fourth-order valence-corrected chi connectivity index (χ4v) is 4.99. The molecule has 8 heteroatoms. The first-order valence-corrected chi connectivity index (χ1v) is 11.7. The van der Waals surface area contributed by atoms with E-state index in [0.29, 0.717) is 21.4 Å². The van der Waals surface area contributed by atoms with Crippen LogP contribution in [0.1, 0.15) is 59.4 Å². The molecule has 32 heavy (non-hydrogen) atoms. The molecule has 1 aromatic carbocycles. The van der Waals surface area contributed by atoms with Crippen molar-refractivity contribution in [3.05, 3.63) is 69.4 Å². The number of carbonyl (C=O) groups excluding carboxylic acids is 1. The van der Waals surface area contributed by atoms with E-state index in [2.05, 4.69) is 11.5 Å². The maximum atomic E-state index is 13.3. The van der Waals surface area contributed by atoms with Gasteiger partial charge < -0.3 is 4.42 Å². The average Bonchev–Trinajstić information content (AvgIpc) is 3.43. The number of halogens is 2. The molecule has 0 atom stereocenters. The number of hydrazine groups is 1. The maximum absolute atomic E-state index is 13.3. The first-order chi connectivity index (χ1) is 15.6. The Balaban J connectivity index is 1.61. The molecule has 2 aromatic heterocycles. The molecule has 5 rings (SSSR count). The second-order valence-electron chi connectivity index (χ2n) is 8.25. The minimum absolute atomic E-state index is 0.170. The maximum Gasteiger partial charge on any atom is 0.286 e. The first-order valence-electron chi connectivity index (χ1n) is 11.0. The Kier molecular flexibility index (Phi) is 6.09. The number of fused-ring (bicyclic) bond motifs is 1. The summed E-state index contributed by atoms with van der Waals surface area (Å²) in [7, 11) is 0. The number of allylic oxidation sites excluding steroid dienone is 1. The van der Waals surface area contributed by atoms with Gasteiger partial charge in [-0.25, -0.2) is 9.69 Å². The van der Waals surface area contributed by atoms with Crippen LogP contribution in [-0.2, 0) is 6.42 Å². The zero-order chi connectivity index (χ0) is 22.1. The van der Waals surface area contributed by atoms with Gasteiger partial charge in [0, 0.05) is 29.2 Å². The van der Waals surface area contributed by atoms with Crippen LogP contribution in [0.3, 0.4) is 0 Å². The Morgan fingerprint density at radius 3 is 2.69 bits per heavy atom. The van der Waals surface area contributed by atoms with Gasteiger partial charge in [-0.3, -0.25) is 10.2 Å². The van der Waals surface area contributed by atoms with Crippen LogP contribution in [0.4, 0.5) is 0 Å². The highest BCUT2D eigenvalue weighted by Crippen LogP contribution is 2.37. The van der Waals surface area contributed by atoms with E-state index >= 15 is 0 Å². The molecule has 1 aliphatic carbocycles. The van der Waals surface area contributed by atoms with Crippen LogP contribution in [-0.4, -0.2) is 33.8 Å².